The van der Waals surface area contributed by atoms with Crippen LogP contribution in [-0.2, 0) is 14.3 Å². The first-order chi connectivity index (χ1) is 18.2. The van der Waals surface area contributed by atoms with Crippen LogP contribution in [0.4, 0.5) is 0 Å². The molecule has 0 amide bonds. The van der Waals surface area contributed by atoms with Crippen LogP contribution in [0.1, 0.15) is 56.6 Å². The van der Waals surface area contributed by atoms with Crippen molar-refractivity contribution < 1.29 is 33.6 Å². The van der Waals surface area contributed by atoms with E-state index in [1.807, 2.05) is 39.0 Å². The van der Waals surface area contributed by atoms with E-state index in [0.29, 0.717) is 40.3 Å². The van der Waals surface area contributed by atoms with E-state index < -0.39 is 11.9 Å². The van der Waals surface area contributed by atoms with Crippen molar-refractivity contribution >= 4 is 11.8 Å². The molecule has 0 radical (unpaired) electrons. The fraction of sp³-hybridized carbons (Fsp3) is 0.400. The maximum Gasteiger partial charge on any atom is 0.336 e. The summed E-state index contributed by atoms with van der Waals surface area (Å²) in [5, 5.41) is 13.6. The average Bonchev–Trinajstić information content (AvgIpc) is 2.90. The van der Waals surface area contributed by atoms with E-state index in [1.54, 1.807) is 26.4 Å². The molecule has 0 saturated carbocycles. The summed E-state index contributed by atoms with van der Waals surface area (Å²) in [5.74, 6) is 0.379. The minimum Gasteiger partial charge on any atom is -0.504 e. The van der Waals surface area contributed by atoms with Crippen LogP contribution in [0.5, 0.6) is 23.0 Å². The van der Waals surface area contributed by atoms with E-state index in [2.05, 4.69) is 5.32 Å². The van der Waals surface area contributed by atoms with Crippen LogP contribution in [0.2, 0.25) is 0 Å². The van der Waals surface area contributed by atoms with Gasteiger partial charge in [0, 0.05) is 29.3 Å². The van der Waals surface area contributed by atoms with Crippen LogP contribution in [0, 0.1) is 5.92 Å². The Morgan fingerprint density at radius 1 is 0.974 bits per heavy atom. The number of phenols is 1. The van der Waals surface area contributed by atoms with Crippen molar-refractivity contribution in [3.8, 4) is 23.0 Å². The number of ether oxygens (including phenoxy) is 4. The molecule has 0 saturated heterocycles. The Bertz CT molecular complexity index is 1310. The van der Waals surface area contributed by atoms with Gasteiger partial charge in [-0.05, 0) is 60.6 Å². The molecule has 2 N–H and O–H groups in total. The lowest BCUT2D eigenvalue weighted by Crippen LogP contribution is -2.36. The molecule has 2 aromatic carbocycles. The van der Waals surface area contributed by atoms with Crippen LogP contribution in [0.3, 0.4) is 0 Å². The minimum atomic E-state index is -0.653. The number of methoxy groups -OCH3 is 3. The fourth-order valence-electron chi connectivity index (χ4n) is 5.18. The molecule has 0 aromatic heterocycles. The summed E-state index contributed by atoms with van der Waals surface area (Å²) in [6.45, 7) is 6.03. The number of hydrogen-bond donors (Lipinski definition) is 2. The van der Waals surface area contributed by atoms with Gasteiger partial charge in [0.05, 0.1) is 33.5 Å². The molecule has 8 nitrogen and oxygen atoms in total. The number of nitrogens with one attached hydrogen (secondary N) is 1. The summed E-state index contributed by atoms with van der Waals surface area (Å²) in [4.78, 5) is 27.2. The van der Waals surface area contributed by atoms with E-state index in [9.17, 15) is 14.7 Å². The van der Waals surface area contributed by atoms with Gasteiger partial charge in [-0.2, -0.15) is 0 Å². The SMILES string of the molecule is COc1cc([C@@H]2C(C(=O)OCC(C)C)=C(C)NC3=C2C(=O)C[C@H](c2ccc(OC)c(OC)c2)C3)ccc1O. The van der Waals surface area contributed by atoms with Crippen LogP contribution < -0.4 is 19.5 Å². The summed E-state index contributed by atoms with van der Waals surface area (Å²) < 4.78 is 21.8. The van der Waals surface area contributed by atoms with Gasteiger partial charge in [0.2, 0.25) is 0 Å². The third-order valence-electron chi connectivity index (χ3n) is 7.01. The first-order valence-electron chi connectivity index (χ1n) is 12.7. The van der Waals surface area contributed by atoms with Gasteiger partial charge in [-0.1, -0.05) is 26.0 Å². The molecule has 2 aromatic rings. The Kier molecular flexibility index (Phi) is 7.99. The lowest BCUT2D eigenvalue weighted by atomic mass is 9.71. The second-order valence-corrected chi connectivity index (χ2v) is 10.1. The molecular weight excluding hydrogens is 486 g/mol. The van der Waals surface area contributed by atoms with Gasteiger partial charge in [0.1, 0.15) is 0 Å². The van der Waals surface area contributed by atoms with Crippen molar-refractivity contribution in [2.45, 2.75) is 45.4 Å². The van der Waals surface area contributed by atoms with Gasteiger partial charge in [-0.15, -0.1) is 0 Å². The Morgan fingerprint density at radius 3 is 2.29 bits per heavy atom. The van der Waals surface area contributed by atoms with Crippen molar-refractivity contribution in [1.29, 1.82) is 0 Å². The minimum absolute atomic E-state index is 0.0208. The highest BCUT2D eigenvalue weighted by atomic mass is 16.5. The lowest BCUT2D eigenvalue weighted by Gasteiger charge is -2.37. The van der Waals surface area contributed by atoms with Gasteiger partial charge >= 0.3 is 5.97 Å². The number of dihydropyridines is 1. The highest BCUT2D eigenvalue weighted by Gasteiger charge is 2.41. The number of benzene rings is 2. The quantitative estimate of drug-likeness (QED) is 0.469. The van der Waals surface area contributed by atoms with Crippen molar-refractivity contribution in [1.82, 2.24) is 5.32 Å². The zero-order valence-electron chi connectivity index (χ0n) is 22.7. The number of esters is 1. The predicted octanol–water partition coefficient (Wildman–Crippen LogP) is 4.98. The standard InChI is InChI=1S/C30H35NO7/c1-16(2)15-38-30(34)27-17(3)31-21-11-20(18-8-10-24(35-4)26(13-18)37-6)12-23(33)29(21)28(27)19-7-9-22(32)25(14-19)36-5/h7-10,13-14,16,20,28,31-32H,11-12,15H2,1-6H3/t20-,28-/m1/s1. The van der Waals surface area contributed by atoms with E-state index in [1.165, 1.54) is 13.2 Å². The maximum atomic E-state index is 13.8. The molecule has 4 rings (SSSR count). The van der Waals surface area contributed by atoms with Gasteiger partial charge in [-0.25, -0.2) is 4.79 Å². The number of carbonyl (C=O) groups is 2. The van der Waals surface area contributed by atoms with Gasteiger partial charge in [0.15, 0.2) is 28.8 Å². The molecule has 0 bridgehead atoms. The third-order valence-corrected chi connectivity index (χ3v) is 7.01. The van der Waals surface area contributed by atoms with Crippen molar-refractivity contribution in [3.63, 3.8) is 0 Å². The topological polar surface area (TPSA) is 103 Å². The molecule has 0 fully saturated rings. The van der Waals surface area contributed by atoms with Gasteiger partial charge < -0.3 is 29.4 Å². The van der Waals surface area contributed by atoms with E-state index in [4.69, 9.17) is 18.9 Å². The Labute approximate surface area is 223 Å². The number of carbonyl (C=O) groups excluding carboxylic acids is 2. The summed E-state index contributed by atoms with van der Waals surface area (Å²) in [5.41, 5.74) is 3.97. The van der Waals surface area contributed by atoms with Crippen LogP contribution in [0.25, 0.3) is 0 Å². The number of aromatic hydroxyl groups is 1. The van der Waals surface area contributed by atoms with E-state index >= 15 is 0 Å². The van der Waals surface area contributed by atoms with Crippen molar-refractivity contribution in [2.24, 2.45) is 5.92 Å². The number of ketones is 1. The molecule has 1 aliphatic heterocycles. The predicted molar refractivity (Wildman–Crippen MR) is 143 cm³/mol. The number of allylic oxidation sites excluding steroid dienone is 3. The second-order valence-electron chi connectivity index (χ2n) is 10.1. The summed E-state index contributed by atoms with van der Waals surface area (Å²) in [6.07, 6.45) is 0.850. The summed E-state index contributed by atoms with van der Waals surface area (Å²) >= 11 is 0. The van der Waals surface area contributed by atoms with E-state index in [-0.39, 0.29) is 42.1 Å². The monoisotopic (exact) mass is 521 g/mol. The molecular formula is C30H35NO7. The molecule has 202 valence electrons. The number of phenolic OH excluding ortho intramolecular Hbond substituents is 1. The largest absolute Gasteiger partial charge is 0.504 e. The molecule has 38 heavy (non-hydrogen) atoms. The smallest absolute Gasteiger partial charge is 0.336 e. The molecule has 8 heteroatoms. The van der Waals surface area contributed by atoms with Crippen molar-refractivity contribution in [2.75, 3.05) is 27.9 Å². The van der Waals surface area contributed by atoms with Crippen LogP contribution in [-0.4, -0.2) is 44.8 Å². The first-order valence-corrected chi connectivity index (χ1v) is 12.7. The number of rotatable bonds is 8. The lowest BCUT2D eigenvalue weighted by molar-refractivity contribution is -0.140. The molecule has 0 unspecified atom stereocenters. The molecule has 0 spiro atoms. The Morgan fingerprint density at radius 2 is 1.63 bits per heavy atom. The molecule has 1 aliphatic carbocycles. The van der Waals surface area contributed by atoms with Crippen LogP contribution in [0.15, 0.2) is 58.9 Å². The van der Waals surface area contributed by atoms with Crippen molar-refractivity contribution in [3.05, 3.63) is 70.1 Å². The molecule has 2 aliphatic rings. The zero-order chi connectivity index (χ0) is 27.6. The first kappa shape index (κ1) is 27.1. The normalized spacial score (nSPS) is 19.2. The van der Waals surface area contributed by atoms with Crippen LogP contribution >= 0.6 is 0 Å². The third kappa shape index (κ3) is 5.21. The molecule has 1 heterocycles. The van der Waals surface area contributed by atoms with Gasteiger partial charge in [0.25, 0.3) is 0 Å². The zero-order valence-corrected chi connectivity index (χ0v) is 22.7. The summed E-state index contributed by atoms with van der Waals surface area (Å²) in [7, 11) is 4.63. The van der Waals surface area contributed by atoms with E-state index in [0.717, 1.165) is 11.3 Å². The summed E-state index contributed by atoms with van der Waals surface area (Å²) in [6, 6.07) is 10.6. The maximum absolute atomic E-state index is 13.8. The second kappa shape index (κ2) is 11.2. The average molecular weight is 522 g/mol. The fourth-order valence-corrected chi connectivity index (χ4v) is 5.18. The molecule has 2 atom stereocenters. The Hall–Kier alpha value is -3.94. The Balaban J connectivity index is 1.78. The highest BCUT2D eigenvalue weighted by molar-refractivity contribution is 6.04. The number of hydrogen-bond acceptors (Lipinski definition) is 8. The highest BCUT2D eigenvalue weighted by Crippen LogP contribution is 2.47. The number of Topliss-reactive ketones (excluding diaryl/α,β-unsaturated/α-hetero) is 1. The van der Waals surface area contributed by atoms with Gasteiger partial charge in [-0.3, -0.25) is 4.79 Å².